The van der Waals surface area contributed by atoms with E-state index in [1.807, 2.05) is 26.0 Å². The van der Waals surface area contributed by atoms with Gasteiger partial charge in [-0.15, -0.1) is 0 Å². The van der Waals surface area contributed by atoms with Gasteiger partial charge in [0.25, 0.3) is 10.0 Å². The van der Waals surface area contributed by atoms with Gasteiger partial charge in [-0.05, 0) is 31.5 Å². The average molecular weight is 359 g/mol. The molecule has 3 N–H and O–H groups in total. The first-order valence-electron chi connectivity index (χ1n) is 5.95. The molecule has 0 saturated heterocycles. The molecule has 8 heteroatoms. The van der Waals surface area contributed by atoms with Gasteiger partial charge in [0.1, 0.15) is 4.90 Å². The Morgan fingerprint density at radius 2 is 2.15 bits per heavy atom. The summed E-state index contributed by atoms with van der Waals surface area (Å²) >= 11 is 3.31. The predicted octanol–water partition coefficient (Wildman–Crippen LogP) is 2.36. The second kappa shape index (κ2) is 5.45. The van der Waals surface area contributed by atoms with Crippen LogP contribution < -0.4 is 10.5 Å². The quantitative estimate of drug-likeness (QED) is 0.877. The van der Waals surface area contributed by atoms with Crippen LogP contribution in [0.5, 0.6) is 0 Å². The minimum Gasteiger partial charge on any atom is -0.381 e. The molecule has 1 heterocycles. The summed E-state index contributed by atoms with van der Waals surface area (Å²) in [6, 6.07) is 5.37. The summed E-state index contributed by atoms with van der Waals surface area (Å²) in [5.41, 5.74) is 6.98. The third-order valence-corrected chi connectivity index (χ3v) is 4.69. The number of halogens is 1. The highest BCUT2D eigenvalue weighted by molar-refractivity contribution is 9.10. The van der Waals surface area contributed by atoms with E-state index in [9.17, 15) is 8.42 Å². The smallest absolute Gasteiger partial charge is 0.267 e. The fourth-order valence-electron chi connectivity index (χ4n) is 1.69. The van der Waals surface area contributed by atoms with Crippen molar-refractivity contribution in [1.82, 2.24) is 9.78 Å². The lowest BCUT2D eigenvalue weighted by molar-refractivity contribution is 0.600. The molecule has 20 heavy (non-hydrogen) atoms. The molecule has 0 spiro atoms. The third-order valence-electron chi connectivity index (χ3n) is 2.81. The van der Waals surface area contributed by atoms with Gasteiger partial charge in [0.2, 0.25) is 0 Å². The number of aromatic nitrogens is 2. The fourth-order valence-corrected chi connectivity index (χ4v) is 3.25. The van der Waals surface area contributed by atoms with Crippen LogP contribution in [0.15, 0.2) is 33.8 Å². The Kier molecular flexibility index (Phi) is 4.05. The highest BCUT2D eigenvalue weighted by atomic mass is 79.9. The summed E-state index contributed by atoms with van der Waals surface area (Å²) < 4.78 is 29.5. The van der Waals surface area contributed by atoms with Crippen molar-refractivity contribution >= 4 is 37.5 Å². The van der Waals surface area contributed by atoms with Crippen LogP contribution in [0.4, 0.5) is 11.5 Å². The molecular formula is C12H15BrN4O2S. The number of nitrogen functional groups attached to an aromatic ring is 1. The number of nitrogens with two attached hydrogens (primary N) is 1. The van der Waals surface area contributed by atoms with Gasteiger partial charge in [-0.3, -0.25) is 9.40 Å². The first-order valence-corrected chi connectivity index (χ1v) is 8.23. The van der Waals surface area contributed by atoms with Crippen molar-refractivity contribution in [3.63, 3.8) is 0 Å². The Labute approximate surface area is 126 Å². The van der Waals surface area contributed by atoms with Gasteiger partial charge in [0, 0.05) is 17.2 Å². The molecule has 0 fully saturated rings. The van der Waals surface area contributed by atoms with Gasteiger partial charge in [-0.25, -0.2) is 8.42 Å². The van der Waals surface area contributed by atoms with E-state index in [2.05, 4.69) is 25.8 Å². The lowest BCUT2D eigenvalue weighted by Crippen LogP contribution is -2.14. The molecule has 108 valence electrons. The molecule has 0 unspecified atom stereocenters. The van der Waals surface area contributed by atoms with Gasteiger partial charge >= 0.3 is 0 Å². The number of anilines is 2. The number of sulfonamides is 1. The van der Waals surface area contributed by atoms with E-state index in [1.165, 1.54) is 10.9 Å². The van der Waals surface area contributed by atoms with Crippen LogP contribution in [0.2, 0.25) is 0 Å². The van der Waals surface area contributed by atoms with Crippen LogP contribution in [0, 0.1) is 6.92 Å². The topological polar surface area (TPSA) is 90.0 Å². The summed E-state index contributed by atoms with van der Waals surface area (Å²) in [7, 11) is -3.75. The van der Waals surface area contributed by atoms with Crippen molar-refractivity contribution in [3.8, 4) is 0 Å². The van der Waals surface area contributed by atoms with E-state index < -0.39 is 10.0 Å². The fraction of sp³-hybridized carbons (Fsp3) is 0.250. The zero-order valence-electron chi connectivity index (χ0n) is 11.1. The lowest BCUT2D eigenvalue weighted by Gasteiger charge is -2.10. The van der Waals surface area contributed by atoms with Crippen LogP contribution in [0.3, 0.4) is 0 Å². The molecule has 0 radical (unpaired) electrons. The Morgan fingerprint density at radius 1 is 1.45 bits per heavy atom. The van der Waals surface area contributed by atoms with Crippen molar-refractivity contribution < 1.29 is 8.42 Å². The number of aryl methyl sites for hydroxylation is 2. The third kappa shape index (κ3) is 2.96. The molecule has 0 aliphatic carbocycles. The number of rotatable bonds is 4. The van der Waals surface area contributed by atoms with Crippen LogP contribution >= 0.6 is 15.9 Å². The summed E-state index contributed by atoms with van der Waals surface area (Å²) in [5, 5.41) is 3.94. The maximum absolute atomic E-state index is 12.4. The van der Waals surface area contributed by atoms with Gasteiger partial charge in [-0.1, -0.05) is 22.0 Å². The molecule has 6 nitrogen and oxygen atoms in total. The maximum Gasteiger partial charge on any atom is 0.267 e. The normalized spacial score (nSPS) is 11.6. The standard InChI is InChI=1S/C12H15BrN4O2S/c1-3-17-7-11(12(14)15-17)20(18,19)16-10-6-9(13)5-4-8(10)2/h4-7,16H,3H2,1-2H3,(H2,14,15). The van der Waals surface area contributed by atoms with Crippen molar-refractivity contribution in [1.29, 1.82) is 0 Å². The second-order valence-corrected chi connectivity index (χ2v) is 6.87. The minimum atomic E-state index is -3.75. The number of hydrogen-bond donors (Lipinski definition) is 2. The Hall–Kier alpha value is -1.54. The van der Waals surface area contributed by atoms with E-state index in [4.69, 9.17) is 5.73 Å². The molecule has 0 amide bonds. The van der Waals surface area contributed by atoms with E-state index >= 15 is 0 Å². The zero-order chi connectivity index (χ0) is 14.9. The molecule has 0 aliphatic rings. The molecule has 2 aromatic rings. The number of hydrogen-bond acceptors (Lipinski definition) is 4. The second-order valence-electron chi connectivity index (χ2n) is 4.30. The zero-order valence-corrected chi connectivity index (χ0v) is 13.5. The molecule has 1 aromatic carbocycles. The van der Waals surface area contributed by atoms with Crippen LogP contribution in [0.25, 0.3) is 0 Å². The van der Waals surface area contributed by atoms with Gasteiger partial charge < -0.3 is 5.73 Å². The summed E-state index contributed by atoms with van der Waals surface area (Å²) in [6.45, 7) is 4.23. The summed E-state index contributed by atoms with van der Waals surface area (Å²) in [5.74, 6) is -0.00741. The summed E-state index contributed by atoms with van der Waals surface area (Å²) in [6.07, 6.45) is 1.42. The van der Waals surface area contributed by atoms with Crippen LogP contribution in [-0.4, -0.2) is 18.2 Å². The minimum absolute atomic E-state index is 0.00741. The highest BCUT2D eigenvalue weighted by Crippen LogP contribution is 2.25. The molecule has 0 aliphatic heterocycles. The number of nitrogens with zero attached hydrogens (tertiary/aromatic N) is 2. The van der Waals surface area contributed by atoms with Crippen LogP contribution in [0.1, 0.15) is 12.5 Å². The van der Waals surface area contributed by atoms with E-state index in [0.29, 0.717) is 12.2 Å². The van der Waals surface area contributed by atoms with E-state index in [1.54, 1.807) is 6.07 Å². The molecule has 0 saturated carbocycles. The van der Waals surface area contributed by atoms with Crippen molar-refractivity contribution in [2.24, 2.45) is 0 Å². The van der Waals surface area contributed by atoms with Crippen molar-refractivity contribution in [2.45, 2.75) is 25.3 Å². The monoisotopic (exact) mass is 358 g/mol. The molecule has 0 atom stereocenters. The van der Waals surface area contributed by atoms with Gasteiger partial charge in [0.05, 0.1) is 5.69 Å². The van der Waals surface area contributed by atoms with E-state index in [0.717, 1.165) is 10.0 Å². The Balaban J connectivity index is 2.40. The number of benzene rings is 1. The first-order chi connectivity index (χ1) is 9.33. The van der Waals surface area contributed by atoms with E-state index in [-0.39, 0.29) is 10.7 Å². The molecule has 0 bridgehead atoms. The van der Waals surface area contributed by atoms with Crippen LogP contribution in [-0.2, 0) is 16.6 Å². The van der Waals surface area contributed by atoms with Crippen molar-refractivity contribution in [3.05, 3.63) is 34.4 Å². The average Bonchev–Trinajstić information content (AvgIpc) is 2.76. The first kappa shape index (κ1) is 14.9. The van der Waals surface area contributed by atoms with Gasteiger partial charge in [0.15, 0.2) is 5.82 Å². The maximum atomic E-state index is 12.4. The number of nitrogens with one attached hydrogen (secondary N) is 1. The Morgan fingerprint density at radius 3 is 2.75 bits per heavy atom. The van der Waals surface area contributed by atoms with Crippen molar-refractivity contribution in [2.75, 3.05) is 10.5 Å². The lowest BCUT2D eigenvalue weighted by atomic mass is 10.2. The largest absolute Gasteiger partial charge is 0.381 e. The molecule has 1 aromatic heterocycles. The SMILES string of the molecule is CCn1cc(S(=O)(=O)Nc2cc(Br)ccc2C)c(N)n1. The van der Waals surface area contributed by atoms with Gasteiger partial charge in [-0.2, -0.15) is 5.10 Å². The molecule has 2 rings (SSSR count). The predicted molar refractivity (Wildman–Crippen MR) is 82.0 cm³/mol. The summed E-state index contributed by atoms with van der Waals surface area (Å²) in [4.78, 5) is -0.0151. The highest BCUT2D eigenvalue weighted by Gasteiger charge is 2.21. The Bertz CT molecular complexity index is 740. The molecular weight excluding hydrogens is 344 g/mol.